The average Bonchev–Trinajstić information content (AvgIpc) is 3.23. The smallest absolute Gasteiger partial charge is 0.403 e. The fraction of sp³-hybridized carbons (Fsp3) is 0.0476. The van der Waals surface area contributed by atoms with Crippen LogP contribution in [0.25, 0.3) is 11.3 Å². The lowest BCUT2D eigenvalue weighted by atomic mass is 10.1. The molecule has 0 bridgehead atoms. The Balaban J connectivity index is 1.44. The van der Waals surface area contributed by atoms with E-state index >= 15 is 0 Å². The summed E-state index contributed by atoms with van der Waals surface area (Å²) in [6.45, 7) is 0. The molecular formula is C21H12ClF4N5O2S. The summed E-state index contributed by atoms with van der Waals surface area (Å²) < 4.78 is 55.5. The van der Waals surface area contributed by atoms with Crippen LogP contribution in [0.4, 0.5) is 34.2 Å². The first-order valence-corrected chi connectivity index (χ1v) is 10.6. The number of rotatable bonds is 6. The van der Waals surface area contributed by atoms with Crippen LogP contribution in [0.5, 0.6) is 5.75 Å². The van der Waals surface area contributed by atoms with Crippen LogP contribution >= 0.6 is 22.9 Å². The predicted octanol–water partition coefficient (Wildman–Crippen LogP) is 6.29. The number of anilines is 3. The minimum atomic E-state index is -5.03. The molecule has 2 heterocycles. The van der Waals surface area contributed by atoms with Crippen molar-refractivity contribution in [2.75, 3.05) is 10.6 Å². The first kappa shape index (κ1) is 23.4. The van der Waals surface area contributed by atoms with E-state index in [1.165, 1.54) is 29.9 Å². The number of hydrogen-bond acceptors (Lipinski definition) is 7. The van der Waals surface area contributed by atoms with E-state index in [1.54, 1.807) is 24.3 Å². The van der Waals surface area contributed by atoms with Crippen LogP contribution in [0, 0.1) is 5.82 Å². The molecule has 0 aliphatic heterocycles. The minimum Gasteiger partial charge on any atom is -0.403 e. The van der Waals surface area contributed by atoms with Crippen LogP contribution in [0.1, 0.15) is 10.4 Å². The highest BCUT2D eigenvalue weighted by Crippen LogP contribution is 2.33. The molecule has 7 nitrogen and oxygen atoms in total. The third-order valence-corrected chi connectivity index (χ3v) is 5.21. The zero-order chi connectivity index (χ0) is 24.3. The summed E-state index contributed by atoms with van der Waals surface area (Å²) in [5.74, 6) is -2.19. The van der Waals surface area contributed by atoms with Gasteiger partial charge in [-0.05, 0) is 36.4 Å². The zero-order valence-electron chi connectivity index (χ0n) is 16.7. The molecule has 0 aliphatic rings. The van der Waals surface area contributed by atoms with Crippen molar-refractivity contribution in [3.8, 4) is 17.0 Å². The summed E-state index contributed by atoms with van der Waals surface area (Å²) in [5, 5.41) is 7.41. The van der Waals surface area contributed by atoms with Crippen LogP contribution in [0.15, 0.2) is 60.2 Å². The molecule has 13 heteroatoms. The molecule has 2 aromatic heterocycles. The van der Waals surface area contributed by atoms with E-state index < -0.39 is 23.8 Å². The molecular weight excluding hydrogens is 498 g/mol. The Morgan fingerprint density at radius 3 is 2.56 bits per heavy atom. The SMILES string of the molecule is O=C(Nc1nc(-c2cccc(OC(F)(F)F)c2F)cs1)c1ccc(Nc2cc(Cl)ncn2)cc1. The number of aromatic nitrogens is 3. The van der Waals surface area contributed by atoms with Crippen molar-refractivity contribution < 1.29 is 27.1 Å². The number of alkyl halides is 3. The number of nitrogens with one attached hydrogen (secondary N) is 2. The van der Waals surface area contributed by atoms with Crippen LogP contribution < -0.4 is 15.4 Å². The normalized spacial score (nSPS) is 11.2. The number of hydrogen-bond donors (Lipinski definition) is 2. The monoisotopic (exact) mass is 509 g/mol. The fourth-order valence-corrected chi connectivity index (χ4v) is 3.64. The van der Waals surface area contributed by atoms with Gasteiger partial charge in [0.1, 0.15) is 17.3 Å². The second kappa shape index (κ2) is 9.61. The summed E-state index contributed by atoms with van der Waals surface area (Å²) >= 11 is 6.81. The Kier molecular flexibility index (Phi) is 6.61. The van der Waals surface area contributed by atoms with E-state index in [2.05, 4.69) is 30.3 Å². The van der Waals surface area contributed by atoms with Crippen LogP contribution in [0.3, 0.4) is 0 Å². The van der Waals surface area contributed by atoms with E-state index in [9.17, 15) is 22.4 Å². The number of thiazole rings is 1. The van der Waals surface area contributed by atoms with Gasteiger partial charge in [0.05, 0.1) is 5.69 Å². The minimum absolute atomic E-state index is 0.0495. The van der Waals surface area contributed by atoms with Gasteiger partial charge in [0.2, 0.25) is 0 Å². The quantitative estimate of drug-likeness (QED) is 0.235. The second-order valence-electron chi connectivity index (χ2n) is 6.59. The molecule has 174 valence electrons. The number of benzene rings is 2. The van der Waals surface area contributed by atoms with Gasteiger partial charge >= 0.3 is 6.36 Å². The van der Waals surface area contributed by atoms with Crippen molar-refractivity contribution in [1.82, 2.24) is 15.0 Å². The van der Waals surface area contributed by atoms with Gasteiger partial charge in [0, 0.05) is 28.3 Å². The fourth-order valence-electron chi connectivity index (χ4n) is 2.79. The number of carbonyl (C=O) groups is 1. The Morgan fingerprint density at radius 1 is 1.09 bits per heavy atom. The molecule has 0 unspecified atom stereocenters. The maximum absolute atomic E-state index is 14.5. The predicted molar refractivity (Wildman–Crippen MR) is 119 cm³/mol. The summed E-state index contributed by atoms with van der Waals surface area (Å²) in [4.78, 5) is 24.4. The van der Waals surface area contributed by atoms with Crippen molar-refractivity contribution >= 4 is 45.5 Å². The van der Waals surface area contributed by atoms with Crippen molar-refractivity contribution in [2.24, 2.45) is 0 Å². The lowest BCUT2D eigenvalue weighted by Gasteiger charge is -2.11. The van der Waals surface area contributed by atoms with Crippen LogP contribution in [-0.4, -0.2) is 27.2 Å². The molecule has 4 aromatic rings. The summed E-state index contributed by atoms with van der Waals surface area (Å²) in [7, 11) is 0. The molecule has 0 atom stereocenters. The van der Waals surface area contributed by atoms with Crippen molar-refractivity contribution in [1.29, 1.82) is 0 Å². The highest BCUT2D eigenvalue weighted by atomic mass is 35.5. The Labute approximate surface area is 198 Å². The number of nitrogens with zero attached hydrogens (tertiary/aromatic N) is 3. The highest BCUT2D eigenvalue weighted by molar-refractivity contribution is 7.14. The molecule has 0 aliphatic carbocycles. The van der Waals surface area contributed by atoms with Crippen LogP contribution in [0.2, 0.25) is 5.15 Å². The number of amides is 1. The second-order valence-corrected chi connectivity index (χ2v) is 7.83. The van der Waals surface area contributed by atoms with Gasteiger partial charge in [-0.3, -0.25) is 10.1 Å². The third kappa shape index (κ3) is 5.77. The van der Waals surface area contributed by atoms with E-state index in [4.69, 9.17) is 11.6 Å². The van der Waals surface area contributed by atoms with Gasteiger partial charge in [-0.25, -0.2) is 19.3 Å². The van der Waals surface area contributed by atoms with Gasteiger partial charge in [0.25, 0.3) is 5.91 Å². The maximum atomic E-state index is 14.5. The van der Waals surface area contributed by atoms with E-state index in [-0.39, 0.29) is 21.5 Å². The summed E-state index contributed by atoms with van der Waals surface area (Å²) in [6, 6.07) is 11.3. The number of ether oxygens (including phenoxy) is 1. The van der Waals surface area contributed by atoms with Crippen molar-refractivity contribution in [3.05, 3.63) is 76.8 Å². The lowest BCUT2D eigenvalue weighted by molar-refractivity contribution is -0.275. The summed E-state index contributed by atoms with van der Waals surface area (Å²) in [5.41, 5.74) is 0.821. The number of halogens is 5. The molecule has 0 spiro atoms. The maximum Gasteiger partial charge on any atom is 0.573 e. The Bertz CT molecular complexity index is 1330. The highest BCUT2D eigenvalue weighted by Gasteiger charge is 2.33. The first-order valence-electron chi connectivity index (χ1n) is 9.34. The first-order chi connectivity index (χ1) is 16.2. The zero-order valence-corrected chi connectivity index (χ0v) is 18.3. The van der Waals surface area contributed by atoms with E-state index in [0.717, 1.165) is 17.4 Å². The van der Waals surface area contributed by atoms with E-state index in [1.807, 2.05) is 0 Å². The molecule has 0 saturated heterocycles. The van der Waals surface area contributed by atoms with Gasteiger partial charge in [0.15, 0.2) is 16.7 Å². The van der Waals surface area contributed by atoms with Gasteiger partial charge in [-0.15, -0.1) is 24.5 Å². The summed E-state index contributed by atoms with van der Waals surface area (Å²) in [6.07, 6.45) is -3.73. The molecule has 2 aromatic carbocycles. The van der Waals surface area contributed by atoms with Gasteiger partial charge in [-0.2, -0.15) is 0 Å². The van der Waals surface area contributed by atoms with Crippen molar-refractivity contribution in [2.45, 2.75) is 6.36 Å². The standard InChI is InChI=1S/C21H12ClF4N5O2S/c22-16-8-17(28-10-27-16)29-12-6-4-11(5-7-12)19(32)31-20-30-14(9-34-20)13-2-1-3-15(18(13)23)33-21(24,25)26/h1-10H,(H,27,28,29)(H,30,31,32). The average molecular weight is 510 g/mol. The van der Waals surface area contributed by atoms with Gasteiger partial charge < -0.3 is 10.1 Å². The van der Waals surface area contributed by atoms with Gasteiger partial charge in [-0.1, -0.05) is 17.7 Å². The Morgan fingerprint density at radius 2 is 1.85 bits per heavy atom. The van der Waals surface area contributed by atoms with E-state index in [0.29, 0.717) is 17.1 Å². The molecule has 0 radical (unpaired) electrons. The lowest BCUT2D eigenvalue weighted by Crippen LogP contribution is -2.18. The molecule has 4 rings (SSSR count). The topological polar surface area (TPSA) is 89.0 Å². The van der Waals surface area contributed by atoms with Crippen LogP contribution in [-0.2, 0) is 0 Å². The molecule has 2 N–H and O–H groups in total. The molecule has 1 amide bonds. The number of carbonyl (C=O) groups excluding carboxylic acids is 1. The molecule has 0 fully saturated rings. The van der Waals surface area contributed by atoms with Crippen molar-refractivity contribution in [3.63, 3.8) is 0 Å². The Hall–Kier alpha value is -3.77. The third-order valence-electron chi connectivity index (χ3n) is 4.24. The largest absolute Gasteiger partial charge is 0.573 e. The molecule has 34 heavy (non-hydrogen) atoms. The molecule has 0 saturated carbocycles.